The molecule has 0 fully saturated rings. The van der Waals surface area contributed by atoms with Crippen LogP contribution >= 0.6 is 15.9 Å². The highest BCUT2D eigenvalue weighted by Crippen LogP contribution is 2.35. The van der Waals surface area contributed by atoms with Crippen LogP contribution in [0, 0.1) is 0 Å². The number of nitrogens with zero attached hydrogens (tertiary/aromatic N) is 1. The molecule has 88 valence electrons. The predicted octanol–water partition coefficient (Wildman–Crippen LogP) is 2.68. The molecule has 1 aromatic carbocycles. The zero-order valence-corrected chi connectivity index (χ0v) is 11.0. The van der Waals surface area contributed by atoms with Crippen molar-refractivity contribution in [3.63, 3.8) is 0 Å². The first-order valence-corrected chi connectivity index (χ1v) is 6.00. The standard InChI is InChI=1S/C13H13BrN2O/c1-13(17,9-4-2-3-5-11(9)14)10-8-16-7-6-12(10)15/h2-8,17H,1H3,(H2,15,16). The van der Waals surface area contributed by atoms with Crippen molar-refractivity contribution < 1.29 is 5.11 Å². The van der Waals surface area contributed by atoms with E-state index in [-0.39, 0.29) is 0 Å². The third-order valence-electron chi connectivity index (χ3n) is 2.78. The van der Waals surface area contributed by atoms with Crippen molar-refractivity contribution in [1.29, 1.82) is 0 Å². The van der Waals surface area contributed by atoms with Gasteiger partial charge in [0.25, 0.3) is 0 Å². The van der Waals surface area contributed by atoms with Gasteiger partial charge < -0.3 is 10.8 Å². The van der Waals surface area contributed by atoms with Gasteiger partial charge in [0.05, 0.1) is 0 Å². The molecule has 17 heavy (non-hydrogen) atoms. The van der Waals surface area contributed by atoms with Crippen molar-refractivity contribution >= 4 is 21.6 Å². The minimum atomic E-state index is -1.17. The van der Waals surface area contributed by atoms with Gasteiger partial charge in [-0.1, -0.05) is 34.1 Å². The van der Waals surface area contributed by atoms with E-state index in [9.17, 15) is 5.11 Å². The molecule has 0 spiro atoms. The predicted molar refractivity (Wildman–Crippen MR) is 71.5 cm³/mol. The normalized spacial score (nSPS) is 14.3. The molecule has 1 atom stereocenters. The Balaban J connectivity index is 2.58. The maximum Gasteiger partial charge on any atom is 0.116 e. The number of aromatic nitrogens is 1. The summed E-state index contributed by atoms with van der Waals surface area (Å²) in [5, 5.41) is 10.7. The molecular weight excluding hydrogens is 280 g/mol. The van der Waals surface area contributed by atoms with Crippen LogP contribution in [0.3, 0.4) is 0 Å². The lowest BCUT2D eigenvalue weighted by atomic mass is 9.88. The number of hydrogen-bond acceptors (Lipinski definition) is 3. The summed E-state index contributed by atoms with van der Waals surface area (Å²) in [6.07, 6.45) is 3.20. The second-order valence-corrected chi connectivity index (χ2v) is 4.87. The van der Waals surface area contributed by atoms with Crippen LogP contribution in [0.4, 0.5) is 5.69 Å². The van der Waals surface area contributed by atoms with Gasteiger partial charge >= 0.3 is 0 Å². The number of nitrogens with two attached hydrogens (primary N) is 1. The van der Waals surface area contributed by atoms with Crippen molar-refractivity contribution in [2.24, 2.45) is 0 Å². The summed E-state index contributed by atoms with van der Waals surface area (Å²) in [7, 11) is 0. The lowest BCUT2D eigenvalue weighted by Gasteiger charge is -2.26. The van der Waals surface area contributed by atoms with Crippen LogP contribution in [0.15, 0.2) is 47.2 Å². The zero-order valence-electron chi connectivity index (χ0n) is 9.39. The monoisotopic (exact) mass is 292 g/mol. The summed E-state index contributed by atoms with van der Waals surface area (Å²) in [5.41, 5.74) is 6.61. The van der Waals surface area contributed by atoms with Crippen molar-refractivity contribution in [3.05, 3.63) is 58.3 Å². The molecule has 3 N–H and O–H groups in total. The number of nitrogen functional groups attached to an aromatic ring is 1. The SMILES string of the molecule is CC(O)(c1cnccc1N)c1ccccc1Br. The first-order chi connectivity index (χ1) is 8.03. The fraction of sp³-hybridized carbons (Fsp3) is 0.154. The smallest absolute Gasteiger partial charge is 0.116 e. The highest BCUT2D eigenvalue weighted by Gasteiger charge is 2.29. The highest BCUT2D eigenvalue weighted by molar-refractivity contribution is 9.10. The van der Waals surface area contributed by atoms with Crippen LogP contribution in [-0.4, -0.2) is 10.1 Å². The van der Waals surface area contributed by atoms with E-state index in [0.717, 1.165) is 10.0 Å². The average molecular weight is 293 g/mol. The van der Waals surface area contributed by atoms with Crippen LogP contribution in [0.2, 0.25) is 0 Å². The first kappa shape index (κ1) is 12.1. The van der Waals surface area contributed by atoms with Gasteiger partial charge in [-0.3, -0.25) is 4.98 Å². The second-order valence-electron chi connectivity index (χ2n) is 4.01. The molecule has 0 radical (unpaired) electrons. The van der Waals surface area contributed by atoms with E-state index in [2.05, 4.69) is 20.9 Å². The largest absolute Gasteiger partial charge is 0.398 e. The van der Waals surface area contributed by atoms with E-state index < -0.39 is 5.60 Å². The Bertz CT molecular complexity index is 493. The molecule has 0 saturated heterocycles. The Morgan fingerprint density at radius 1 is 1.24 bits per heavy atom. The summed E-state index contributed by atoms with van der Waals surface area (Å²) in [4.78, 5) is 4.01. The molecule has 1 unspecified atom stereocenters. The quantitative estimate of drug-likeness (QED) is 0.895. The summed E-state index contributed by atoms with van der Waals surface area (Å²) in [6.45, 7) is 1.71. The molecule has 3 nitrogen and oxygen atoms in total. The van der Waals surface area contributed by atoms with Gasteiger partial charge in [0.15, 0.2) is 0 Å². The summed E-state index contributed by atoms with van der Waals surface area (Å²) >= 11 is 3.43. The van der Waals surface area contributed by atoms with Crippen molar-refractivity contribution in [1.82, 2.24) is 4.98 Å². The fourth-order valence-corrected chi connectivity index (χ4v) is 2.48. The number of hydrogen-bond donors (Lipinski definition) is 2. The van der Waals surface area contributed by atoms with Gasteiger partial charge in [0.1, 0.15) is 5.60 Å². The summed E-state index contributed by atoms with van der Waals surface area (Å²) < 4.78 is 0.841. The maximum atomic E-state index is 10.7. The van der Waals surface area contributed by atoms with Gasteiger partial charge in [-0.05, 0) is 19.1 Å². The van der Waals surface area contributed by atoms with Crippen LogP contribution in [0.25, 0.3) is 0 Å². The fourth-order valence-electron chi connectivity index (χ4n) is 1.81. The molecule has 0 amide bonds. The molecule has 0 saturated carbocycles. The molecule has 0 aliphatic rings. The van der Waals surface area contributed by atoms with Crippen LogP contribution in [0.5, 0.6) is 0 Å². The van der Waals surface area contributed by atoms with Gasteiger partial charge in [0, 0.05) is 33.7 Å². The molecule has 2 rings (SSSR count). The number of halogens is 1. The lowest BCUT2D eigenvalue weighted by Crippen LogP contribution is -2.25. The zero-order chi connectivity index (χ0) is 12.5. The van der Waals surface area contributed by atoms with E-state index in [0.29, 0.717) is 11.3 Å². The van der Waals surface area contributed by atoms with E-state index in [4.69, 9.17) is 5.73 Å². The molecule has 1 aromatic heterocycles. The van der Waals surface area contributed by atoms with Gasteiger partial charge in [0.2, 0.25) is 0 Å². The minimum absolute atomic E-state index is 0.528. The lowest BCUT2D eigenvalue weighted by molar-refractivity contribution is 0.102. The number of anilines is 1. The van der Waals surface area contributed by atoms with E-state index in [1.165, 1.54) is 0 Å². The molecule has 0 aliphatic heterocycles. The number of rotatable bonds is 2. The number of aliphatic hydroxyl groups is 1. The Labute approximate surface area is 108 Å². The molecule has 1 heterocycles. The summed E-state index contributed by atoms with van der Waals surface area (Å²) in [6, 6.07) is 9.20. The van der Waals surface area contributed by atoms with E-state index in [1.54, 1.807) is 25.4 Å². The first-order valence-electron chi connectivity index (χ1n) is 5.21. The van der Waals surface area contributed by atoms with E-state index in [1.807, 2.05) is 24.3 Å². The Morgan fingerprint density at radius 3 is 2.59 bits per heavy atom. The maximum absolute atomic E-state index is 10.7. The Morgan fingerprint density at radius 2 is 1.94 bits per heavy atom. The Hall–Kier alpha value is -1.39. The van der Waals surface area contributed by atoms with Crippen molar-refractivity contribution in [2.75, 3.05) is 5.73 Å². The Kier molecular flexibility index (Phi) is 3.17. The van der Waals surface area contributed by atoms with Crippen LogP contribution in [0.1, 0.15) is 18.1 Å². The number of benzene rings is 1. The molecular formula is C13H13BrN2O. The third-order valence-corrected chi connectivity index (χ3v) is 3.47. The highest BCUT2D eigenvalue weighted by atomic mass is 79.9. The minimum Gasteiger partial charge on any atom is -0.398 e. The molecule has 4 heteroatoms. The molecule has 2 aromatic rings. The average Bonchev–Trinajstić information content (AvgIpc) is 2.29. The topological polar surface area (TPSA) is 59.1 Å². The molecule has 0 aliphatic carbocycles. The molecule has 0 bridgehead atoms. The second kappa shape index (κ2) is 4.47. The summed E-state index contributed by atoms with van der Waals surface area (Å²) in [5.74, 6) is 0. The van der Waals surface area contributed by atoms with Gasteiger partial charge in [-0.15, -0.1) is 0 Å². The van der Waals surface area contributed by atoms with Crippen LogP contribution < -0.4 is 5.73 Å². The van der Waals surface area contributed by atoms with Crippen LogP contribution in [-0.2, 0) is 5.60 Å². The van der Waals surface area contributed by atoms with Gasteiger partial charge in [-0.2, -0.15) is 0 Å². The van der Waals surface area contributed by atoms with Crippen molar-refractivity contribution in [2.45, 2.75) is 12.5 Å². The number of pyridine rings is 1. The van der Waals surface area contributed by atoms with Gasteiger partial charge in [-0.25, -0.2) is 0 Å². The van der Waals surface area contributed by atoms with E-state index >= 15 is 0 Å². The van der Waals surface area contributed by atoms with Crippen molar-refractivity contribution in [3.8, 4) is 0 Å². The third kappa shape index (κ3) is 2.18.